The van der Waals surface area contributed by atoms with Gasteiger partial charge in [-0.3, -0.25) is 18.6 Å². The second kappa shape index (κ2) is 45.7. The average Bonchev–Trinajstić information content (AvgIpc) is 3.23. The summed E-state index contributed by atoms with van der Waals surface area (Å²) in [6.45, 7) is 3.33. The summed E-state index contributed by atoms with van der Waals surface area (Å²) in [4.78, 5) is 33.9. The number of allylic oxidation sites excluding steroid dienone is 13. The van der Waals surface area contributed by atoms with Crippen LogP contribution in [0.5, 0.6) is 0 Å². The van der Waals surface area contributed by atoms with Crippen LogP contribution in [0.4, 0.5) is 0 Å². The Hall–Kier alpha value is -2.81. The van der Waals surface area contributed by atoms with Crippen molar-refractivity contribution in [1.29, 1.82) is 0 Å². The quantitative estimate of drug-likeness (QED) is 0.0239. The summed E-state index contributed by atoms with van der Waals surface area (Å²) in [6.07, 6.45) is 58.3. The molecule has 0 bridgehead atoms. The number of hydrogen-bond acceptors (Lipinski definition) is 7. The van der Waals surface area contributed by atoms with Crippen LogP contribution in [0.15, 0.2) is 85.1 Å². The van der Waals surface area contributed by atoms with Crippen LogP contribution in [-0.2, 0) is 27.9 Å². The molecule has 0 fully saturated rings. The van der Waals surface area contributed by atoms with Gasteiger partial charge < -0.3 is 20.1 Å². The first-order valence-electron chi connectivity index (χ1n) is 23.6. The minimum absolute atomic E-state index is 0.0447. The van der Waals surface area contributed by atoms with Gasteiger partial charge in [-0.05, 0) is 51.4 Å². The molecular formula is C50H86NO8P. The van der Waals surface area contributed by atoms with Crippen molar-refractivity contribution in [1.82, 2.24) is 5.32 Å². The number of phosphoric acid groups is 1. The van der Waals surface area contributed by atoms with Crippen molar-refractivity contribution in [2.45, 2.75) is 193 Å². The zero-order chi connectivity index (χ0) is 43.9. The molecule has 0 aromatic rings. The van der Waals surface area contributed by atoms with Crippen molar-refractivity contribution in [2.75, 3.05) is 26.4 Å². The van der Waals surface area contributed by atoms with Crippen molar-refractivity contribution in [3.8, 4) is 0 Å². The fourth-order valence-electron chi connectivity index (χ4n) is 6.11. The SMILES string of the molecule is CC/C=C\C/C=C\C/C=C\C/C=C\C/C=C\C/C=C\C/C=C\CC(=O)OCC(O)COP(=O)(O)OCCNC(=O)CCCCCCCCCCCCCCCCCCCC. The number of amides is 1. The van der Waals surface area contributed by atoms with Crippen LogP contribution in [0, 0.1) is 0 Å². The van der Waals surface area contributed by atoms with E-state index in [2.05, 4.69) is 86.0 Å². The molecule has 10 heteroatoms. The third-order valence-corrected chi connectivity index (χ3v) is 10.6. The van der Waals surface area contributed by atoms with Crippen LogP contribution in [-0.4, -0.2) is 54.3 Å². The fraction of sp³-hybridized carbons (Fsp3) is 0.680. The minimum atomic E-state index is -4.44. The fourth-order valence-corrected chi connectivity index (χ4v) is 6.87. The largest absolute Gasteiger partial charge is 0.472 e. The van der Waals surface area contributed by atoms with Gasteiger partial charge >= 0.3 is 13.8 Å². The van der Waals surface area contributed by atoms with Crippen LogP contribution in [0.1, 0.15) is 187 Å². The van der Waals surface area contributed by atoms with E-state index in [1.165, 1.54) is 96.3 Å². The zero-order valence-electron chi connectivity index (χ0n) is 37.9. The summed E-state index contributed by atoms with van der Waals surface area (Å²) in [5.74, 6) is -0.651. The Balaban J connectivity index is 3.71. The lowest BCUT2D eigenvalue weighted by Crippen LogP contribution is -2.27. The molecule has 0 spiro atoms. The van der Waals surface area contributed by atoms with Gasteiger partial charge in [0.2, 0.25) is 5.91 Å². The summed E-state index contributed by atoms with van der Waals surface area (Å²) in [7, 11) is -4.44. The van der Waals surface area contributed by atoms with E-state index in [4.69, 9.17) is 13.8 Å². The van der Waals surface area contributed by atoms with E-state index in [-0.39, 0.29) is 32.1 Å². The first-order valence-corrected chi connectivity index (χ1v) is 25.1. The van der Waals surface area contributed by atoms with E-state index >= 15 is 0 Å². The molecule has 0 heterocycles. The number of unbranched alkanes of at least 4 members (excludes halogenated alkanes) is 17. The second-order valence-corrected chi connectivity index (χ2v) is 16.8. The summed E-state index contributed by atoms with van der Waals surface area (Å²) < 4.78 is 26.8. The number of hydrogen-bond donors (Lipinski definition) is 3. The Morgan fingerprint density at radius 3 is 1.33 bits per heavy atom. The lowest BCUT2D eigenvalue weighted by Gasteiger charge is -2.15. The second-order valence-electron chi connectivity index (χ2n) is 15.4. The van der Waals surface area contributed by atoms with Crippen molar-refractivity contribution >= 4 is 19.7 Å². The molecule has 0 radical (unpaired) electrons. The topological polar surface area (TPSA) is 131 Å². The van der Waals surface area contributed by atoms with E-state index < -0.39 is 26.5 Å². The number of nitrogens with one attached hydrogen (secondary N) is 1. The van der Waals surface area contributed by atoms with Crippen LogP contribution >= 0.6 is 7.82 Å². The van der Waals surface area contributed by atoms with E-state index in [9.17, 15) is 24.2 Å². The molecule has 1 amide bonds. The molecule has 0 rings (SSSR count). The van der Waals surface area contributed by atoms with Gasteiger partial charge in [-0.2, -0.15) is 0 Å². The highest BCUT2D eigenvalue weighted by atomic mass is 31.2. The number of carbonyl (C=O) groups excluding carboxylic acids is 2. The highest BCUT2D eigenvalue weighted by Gasteiger charge is 2.23. The van der Waals surface area contributed by atoms with Gasteiger partial charge in [0.15, 0.2) is 0 Å². The third-order valence-electron chi connectivity index (χ3n) is 9.62. The van der Waals surface area contributed by atoms with Crippen molar-refractivity contribution in [3.05, 3.63) is 85.1 Å². The smallest absolute Gasteiger partial charge is 0.463 e. The first-order chi connectivity index (χ1) is 29.3. The zero-order valence-corrected chi connectivity index (χ0v) is 38.8. The maximum atomic E-state index is 12.1. The molecule has 0 aliphatic heterocycles. The molecule has 0 aromatic carbocycles. The molecule has 60 heavy (non-hydrogen) atoms. The number of rotatable bonds is 43. The van der Waals surface area contributed by atoms with Gasteiger partial charge in [-0.15, -0.1) is 0 Å². The van der Waals surface area contributed by atoms with E-state index in [1.54, 1.807) is 6.08 Å². The van der Waals surface area contributed by atoms with Crippen LogP contribution in [0.2, 0.25) is 0 Å². The molecule has 0 aliphatic rings. The summed E-state index contributed by atoms with van der Waals surface area (Å²) in [6, 6.07) is 0. The summed E-state index contributed by atoms with van der Waals surface area (Å²) in [5.41, 5.74) is 0. The number of aliphatic hydroxyl groups excluding tert-OH is 1. The molecule has 9 nitrogen and oxygen atoms in total. The van der Waals surface area contributed by atoms with Crippen LogP contribution in [0.25, 0.3) is 0 Å². The first kappa shape index (κ1) is 57.2. The predicted molar refractivity (Wildman–Crippen MR) is 252 cm³/mol. The number of ether oxygens (including phenoxy) is 1. The van der Waals surface area contributed by atoms with Crippen molar-refractivity contribution in [2.24, 2.45) is 0 Å². The number of phosphoric ester groups is 1. The molecule has 2 unspecified atom stereocenters. The Morgan fingerprint density at radius 1 is 0.533 bits per heavy atom. The van der Waals surface area contributed by atoms with Gasteiger partial charge in [0, 0.05) is 13.0 Å². The van der Waals surface area contributed by atoms with Crippen LogP contribution in [0.3, 0.4) is 0 Å². The normalized spacial score (nSPS) is 14.0. The highest BCUT2D eigenvalue weighted by molar-refractivity contribution is 7.47. The Labute approximate surface area is 366 Å². The van der Waals surface area contributed by atoms with Gasteiger partial charge in [-0.1, -0.05) is 208 Å². The molecule has 0 saturated heterocycles. The number of carbonyl (C=O) groups is 2. The van der Waals surface area contributed by atoms with Crippen molar-refractivity contribution in [3.63, 3.8) is 0 Å². The van der Waals surface area contributed by atoms with Gasteiger partial charge in [0.25, 0.3) is 0 Å². The molecular weight excluding hydrogens is 774 g/mol. The standard InChI is InChI=1S/C50H86NO8P/c1-3-5-7-9-11-13-15-17-19-21-23-24-25-27-29-31-33-35-37-39-41-43-50(54)57-46-48(52)47-59-60(55,56)58-45-44-51-49(53)42-40-38-36-34-32-30-28-26-22-20-18-16-14-12-10-8-6-4-2/h5,7,11,13,17,19,23-24,27,29,33,35,39,41,48,52H,3-4,6,8-10,12,14-16,18,20-22,25-26,28,30-32,34,36-38,40,42-47H2,1-2H3,(H,51,53)(H,55,56)/b7-5-,13-11-,19-17-,24-23-,29-27-,35-33-,41-39-. The van der Waals surface area contributed by atoms with Crippen molar-refractivity contribution < 1.29 is 37.9 Å². The maximum absolute atomic E-state index is 12.1. The molecule has 2 atom stereocenters. The molecule has 0 aliphatic carbocycles. The lowest BCUT2D eigenvalue weighted by atomic mass is 10.0. The third kappa shape index (κ3) is 46.3. The monoisotopic (exact) mass is 860 g/mol. The van der Waals surface area contributed by atoms with E-state index in [1.807, 2.05) is 12.2 Å². The molecule has 0 saturated carbocycles. The number of aliphatic hydroxyl groups is 1. The van der Waals surface area contributed by atoms with Crippen LogP contribution < -0.4 is 5.32 Å². The van der Waals surface area contributed by atoms with Gasteiger partial charge in [0.1, 0.15) is 12.7 Å². The summed E-state index contributed by atoms with van der Waals surface area (Å²) >= 11 is 0. The lowest BCUT2D eigenvalue weighted by molar-refractivity contribution is -0.146. The summed E-state index contributed by atoms with van der Waals surface area (Å²) in [5, 5.41) is 12.7. The average molecular weight is 860 g/mol. The van der Waals surface area contributed by atoms with Gasteiger partial charge in [-0.25, -0.2) is 4.57 Å². The van der Waals surface area contributed by atoms with E-state index in [0.717, 1.165) is 57.8 Å². The Bertz CT molecular complexity index is 1250. The van der Waals surface area contributed by atoms with E-state index in [0.29, 0.717) is 12.8 Å². The van der Waals surface area contributed by atoms with Gasteiger partial charge in [0.05, 0.1) is 19.6 Å². The number of esters is 1. The molecule has 344 valence electrons. The predicted octanol–water partition coefficient (Wildman–Crippen LogP) is 13.6. The Kier molecular flexibility index (Phi) is 43.6. The minimum Gasteiger partial charge on any atom is -0.463 e. The molecule has 3 N–H and O–H groups in total. The maximum Gasteiger partial charge on any atom is 0.472 e. The highest BCUT2D eigenvalue weighted by Crippen LogP contribution is 2.42. The Morgan fingerprint density at radius 2 is 0.917 bits per heavy atom. The molecule has 0 aromatic heterocycles.